The lowest BCUT2D eigenvalue weighted by Crippen LogP contribution is -2.10. The second-order valence-corrected chi connectivity index (χ2v) is 4.65. The van der Waals surface area contributed by atoms with Crippen molar-refractivity contribution in [2.24, 2.45) is 11.8 Å². The molecule has 0 aromatic rings. The van der Waals surface area contributed by atoms with Crippen molar-refractivity contribution in [1.82, 2.24) is 0 Å². The minimum atomic E-state index is 1.02. The summed E-state index contributed by atoms with van der Waals surface area (Å²) in [6.07, 6.45) is 16.0. The molecule has 0 nitrogen and oxygen atoms in total. The molecule has 2 rings (SSSR count). The Hall–Kier alpha value is 0. The number of rotatable bonds is 6. The molecule has 0 aromatic carbocycles. The van der Waals surface area contributed by atoms with E-state index >= 15 is 0 Å². The molecule has 0 amide bonds. The molecule has 12 heavy (non-hydrogen) atoms. The third kappa shape index (κ3) is 2.80. The van der Waals surface area contributed by atoms with Crippen molar-refractivity contribution in [3.63, 3.8) is 0 Å². The monoisotopic (exact) mass is 165 g/mol. The quantitative estimate of drug-likeness (QED) is 0.523. The van der Waals surface area contributed by atoms with Crippen molar-refractivity contribution in [1.29, 1.82) is 0 Å². The lowest BCUT2D eigenvalue weighted by atomic mass is 9.81. The highest BCUT2D eigenvalue weighted by molar-refractivity contribution is 4.83. The van der Waals surface area contributed by atoms with Crippen LogP contribution in [0.5, 0.6) is 0 Å². The summed E-state index contributed by atoms with van der Waals surface area (Å²) in [6.45, 7) is 0. The largest absolute Gasteiger partial charge is 0.0530 e. The van der Waals surface area contributed by atoms with Gasteiger partial charge in [0.15, 0.2) is 0 Å². The van der Waals surface area contributed by atoms with E-state index in [0.717, 1.165) is 11.8 Å². The molecule has 0 bridgehead atoms. The van der Waals surface area contributed by atoms with Crippen molar-refractivity contribution < 1.29 is 0 Å². The normalized spacial score (nSPS) is 24.0. The minimum Gasteiger partial charge on any atom is -0.0530 e. The lowest BCUT2D eigenvalue weighted by molar-refractivity contribution is 0.350. The summed E-state index contributed by atoms with van der Waals surface area (Å²) in [7, 11) is 0. The number of hydrogen-bond acceptors (Lipinski definition) is 0. The molecule has 2 saturated carbocycles. The second kappa shape index (κ2) is 4.30. The minimum absolute atomic E-state index is 1.02. The molecule has 0 spiro atoms. The standard InChI is InChI=1S/C12H21/c1(3-6-12-9-10-12)2-5-11-7-4-8-11/h5,11-12H,1-4,6-10H2. The van der Waals surface area contributed by atoms with Crippen LogP contribution in [0.3, 0.4) is 0 Å². The molecule has 0 saturated heterocycles. The summed E-state index contributed by atoms with van der Waals surface area (Å²) in [6, 6.07) is 0. The van der Waals surface area contributed by atoms with Gasteiger partial charge in [0.1, 0.15) is 0 Å². The van der Waals surface area contributed by atoms with Crippen LogP contribution in [0.1, 0.15) is 57.8 Å². The summed E-state index contributed by atoms with van der Waals surface area (Å²) >= 11 is 0. The third-order valence-electron chi connectivity index (χ3n) is 3.41. The van der Waals surface area contributed by atoms with Gasteiger partial charge in [0.25, 0.3) is 0 Å². The molecule has 2 aliphatic carbocycles. The van der Waals surface area contributed by atoms with E-state index in [1.165, 1.54) is 57.8 Å². The molecule has 1 radical (unpaired) electrons. The van der Waals surface area contributed by atoms with Gasteiger partial charge in [-0.3, -0.25) is 0 Å². The number of hydrogen-bond donors (Lipinski definition) is 0. The smallest absolute Gasteiger partial charge is 0.0355 e. The van der Waals surface area contributed by atoms with Crippen LogP contribution >= 0.6 is 0 Å². The van der Waals surface area contributed by atoms with E-state index in [-0.39, 0.29) is 0 Å². The zero-order chi connectivity index (χ0) is 8.23. The summed E-state index contributed by atoms with van der Waals surface area (Å²) in [5, 5.41) is 0. The van der Waals surface area contributed by atoms with Gasteiger partial charge in [0, 0.05) is 0 Å². The van der Waals surface area contributed by atoms with E-state index in [1.807, 2.05) is 0 Å². The molecule has 0 N–H and O–H groups in total. The average molecular weight is 165 g/mol. The topological polar surface area (TPSA) is 0 Å². The van der Waals surface area contributed by atoms with Crippen LogP contribution in [-0.2, 0) is 0 Å². The van der Waals surface area contributed by atoms with Crippen LogP contribution in [-0.4, -0.2) is 0 Å². The Bertz CT molecular complexity index is 120. The third-order valence-corrected chi connectivity index (χ3v) is 3.41. The Kier molecular flexibility index (Phi) is 3.08. The molecule has 69 valence electrons. The summed E-state index contributed by atoms with van der Waals surface area (Å²) in [5.74, 6) is 2.17. The SMILES string of the molecule is [CH](CCCCC1CC1)C1CCC1. The Morgan fingerprint density at radius 1 is 1.00 bits per heavy atom. The van der Waals surface area contributed by atoms with E-state index in [4.69, 9.17) is 0 Å². The Balaban J connectivity index is 1.35. The maximum atomic E-state index is 2.58. The van der Waals surface area contributed by atoms with Gasteiger partial charge in [-0.25, -0.2) is 0 Å². The van der Waals surface area contributed by atoms with Gasteiger partial charge in [-0.05, 0) is 24.7 Å². The molecule has 0 atom stereocenters. The van der Waals surface area contributed by atoms with Crippen molar-refractivity contribution in [3.05, 3.63) is 6.42 Å². The first-order chi connectivity index (χ1) is 5.95. The zero-order valence-electron chi connectivity index (χ0n) is 8.10. The molecule has 0 unspecified atom stereocenters. The molecule has 0 aliphatic heterocycles. The Morgan fingerprint density at radius 2 is 1.83 bits per heavy atom. The summed E-state index contributed by atoms with van der Waals surface area (Å²) < 4.78 is 0. The van der Waals surface area contributed by atoms with E-state index in [9.17, 15) is 0 Å². The first kappa shape index (κ1) is 8.59. The highest BCUT2D eigenvalue weighted by Gasteiger charge is 2.20. The molecule has 0 heterocycles. The van der Waals surface area contributed by atoms with Crippen LogP contribution in [0.25, 0.3) is 0 Å². The van der Waals surface area contributed by atoms with E-state index < -0.39 is 0 Å². The second-order valence-electron chi connectivity index (χ2n) is 4.65. The predicted molar refractivity (Wildman–Crippen MR) is 52.8 cm³/mol. The lowest BCUT2D eigenvalue weighted by Gasteiger charge is -2.24. The molecule has 0 heteroatoms. The fourth-order valence-electron chi connectivity index (χ4n) is 2.01. The van der Waals surface area contributed by atoms with Crippen molar-refractivity contribution in [2.75, 3.05) is 0 Å². The van der Waals surface area contributed by atoms with Crippen LogP contribution < -0.4 is 0 Å². The highest BCUT2D eigenvalue weighted by Crippen LogP contribution is 2.35. The maximum Gasteiger partial charge on any atom is -0.0355 e. The van der Waals surface area contributed by atoms with Gasteiger partial charge >= 0.3 is 0 Å². The van der Waals surface area contributed by atoms with Gasteiger partial charge < -0.3 is 0 Å². The van der Waals surface area contributed by atoms with Gasteiger partial charge in [-0.1, -0.05) is 51.4 Å². The van der Waals surface area contributed by atoms with Crippen LogP contribution in [0, 0.1) is 18.3 Å². The van der Waals surface area contributed by atoms with Crippen molar-refractivity contribution in [3.8, 4) is 0 Å². The van der Waals surface area contributed by atoms with Gasteiger partial charge in [0.05, 0.1) is 0 Å². The number of unbranched alkanes of at least 4 members (excludes halogenated alkanes) is 2. The first-order valence-electron chi connectivity index (χ1n) is 5.78. The Labute approximate surface area is 76.7 Å². The fourth-order valence-corrected chi connectivity index (χ4v) is 2.01. The first-order valence-corrected chi connectivity index (χ1v) is 5.78. The summed E-state index contributed by atoms with van der Waals surface area (Å²) in [5.41, 5.74) is 0. The fraction of sp³-hybridized carbons (Fsp3) is 0.917. The molecule has 0 aromatic heterocycles. The van der Waals surface area contributed by atoms with Crippen molar-refractivity contribution >= 4 is 0 Å². The average Bonchev–Trinajstić information content (AvgIpc) is 2.76. The molecular weight excluding hydrogens is 144 g/mol. The predicted octanol–water partition coefficient (Wildman–Crippen LogP) is 3.96. The van der Waals surface area contributed by atoms with Gasteiger partial charge in [0.2, 0.25) is 0 Å². The maximum absolute atomic E-state index is 2.58. The van der Waals surface area contributed by atoms with Crippen LogP contribution in [0.4, 0.5) is 0 Å². The highest BCUT2D eigenvalue weighted by atomic mass is 14.3. The summed E-state index contributed by atoms with van der Waals surface area (Å²) in [4.78, 5) is 0. The van der Waals surface area contributed by atoms with Crippen molar-refractivity contribution in [2.45, 2.75) is 57.8 Å². The van der Waals surface area contributed by atoms with E-state index in [2.05, 4.69) is 6.42 Å². The van der Waals surface area contributed by atoms with Gasteiger partial charge in [-0.15, -0.1) is 0 Å². The molecular formula is C12H21. The van der Waals surface area contributed by atoms with E-state index in [0.29, 0.717) is 0 Å². The van der Waals surface area contributed by atoms with Crippen LogP contribution in [0.2, 0.25) is 0 Å². The molecule has 2 fully saturated rings. The van der Waals surface area contributed by atoms with Gasteiger partial charge in [-0.2, -0.15) is 0 Å². The van der Waals surface area contributed by atoms with Crippen LogP contribution in [0.15, 0.2) is 0 Å². The van der Waals surface area contributed by atoms with E-state index in [1.54, 1.807) is 0 Å². The Morgan fingerprint density at radius 3 is 2.42 bits per heavy atom. The molecule has 2 aliphatic rings. The zero-order valence-corrected chi connectivity index (χ0v) is 8.10.